The number of carboxylic acid groups (broad SMARTS) is 1. The van der Waals surface area contributed by atoms with Crippen LogP contribution in [0.3, 0.4) is 0 Å². The van der Waals surface area contributed by atoms with E-state index in [1.54, 1.807) is 5.38 Å². The fourth-order valence-electron chi connectivity index (χ4n) is 1.67. The Bertz CT molecular complexity index is 667. The Kier molecular flexibility index (Phi) is 4.89. The molecule has 7 heteroatoms. The molecular formula is C15H16N2O4S. The molecule has 3 N–H and O–H groups in total. The van der Waals surface area contributed by atoms with Gasteiger partial charge in [0, 0.05) is 10.9 Å². The summed E-state index contributed by atoms with van der Waals surface area (Å²) in [6.45, 7) is 0.781. The first-order valence-electron chi connectivity index (χ1n) is 6.61. The van der Waals surface area contributed by atoms with Crippen molar-refractivity contribution in [1.29, 1.82) is 0 Å². The molecule has 2 aromatic rings. The van der Waals surface area contributed by atoms with Gasteiger partial charge in [0.1, 0.15) is 5.01 Å². The molecule has 0 saturated heterocycles. The van der Waals surface area contributed by atoms with Crippen molar-refractivity contribution in [2.45, 2.75) is 18.9 Å². The number of aliphatic hydroxyl groups is 1. The number of nitrogens with one attached hydrogen (secondary N) is 1. The number of benzene rings is 1. The molecule has 1 atom stereocenters. The monoisotopic (exact) mass is 320 g/mol. The molecule has 1 amide bonds. The Morgan fingerprint density at radius 3 is 2.64 bits per heavy atom. The van der Waals surface area contributed by atoms with Gasteiger partial charge in [0.05, 0.1) is 18.7 Å². The summed E-state index contributed by atoms with van der Waals surface area (Å²) >= 11 is 1.44. The SMILES string of the molecule is CC(O)(CNC(=O)Cc1csc(-c2ccccc2)n1)C(=O)O. The summed E-state index contributed by atoms with van der Waals surface area (Å²) in [4.78, 5) is 26.9. The molecule has 0 bridgehead atoms. The summed E-state index contributed by atoms with van der Waals surface area (Å²) in [7, 11) is 0. The van der Waals surface area contributed by atoms with Crippen molar-refractivity contribution in [3.8, 4) is 10.6 Å². The van der Waals surface area contributed by atoms with Gasteiger partial charge in [-0.25, -0.2) is 9.78 Å². The highest BCUT2D eigenvalue weighted by Gasteiger charge is 2.30. The standard InChI is InChI=1S/C15H16N2O4S/c1-15(21,14(19)20)9-16-12(18)7-11-8-22-13(17-11)10-5-3-2-4-6-10/h2-6,8,21H,7,9H2,1H3,(H,16,18)(H,19,20). The Morgan fingerprint density at radius 2 is 2.00 bits per heavy atom. The largest absolute Gasteiger partial charge is 0.479 e. The molecule has 1 aromatic carbocycles. The fraction of sp³-hybridized carbons (Fsp3) is 0.267. The number of hydrogen-bond acceptors (Lipinski definition) is 5. The van der Waals surface area contributed by atoms with Gasteiger partial charge in [0.25, 0.3) is 0 Å². The minimum Gasteiger partial charge on any atom is -0.479 e. The van der Waals surface area contributed by atoms with Gasteiger partial charge in [-0.15, -0.1) is 11.3 Å². The van der Waals surface area contributed by atoms with E-state index < -0.39 is 11.6 Å². The lowest BCUT2D eigenvalue weighted by Gasteiger charge is -2.17. The van der Waals surface area contributed by atoms with Crippen molar-refractivity contribution >= 4 is 23.2 Å². The number of carbonyl (C=O) groups excluding carboxylic acids is 1. The molecule has 0 radical (unpaired) electrons. The first kappa shape index (κ1) is 16.1. The molecule has 0 fully saturated rings. The van der Waals surface area contributed by atoms with Crippen LogP contribution in [0.15, 0.2) is 35.7 Å². The quantitative estimate of drug-likeness (QED) is 0.745. The number of thiazole rings is 1. The van der Waals surface area contributed by atoms with E-state index in [-0.39, 0.29) is 18.9 Å². The number of carbonyl (C=O) groups is 2. The summed E-state index contributed by atoms with van der Waals surface area (Å²) in [6, 6.07) is 9.62. The molecule has 0 aliphatic heterocycles. The number of aliphatic carboxylic acids is 1. The summed E-state index contributed by atoms with van der Waals surface area (Å²) in [5.41, 5.74) is -0.392. The van der Waals surface area contributed by atoms with Crippen LogP contribution >= 0.6 is 11.3 Å². The van der Waals surface area contributed by atoms with Crippen LogP contribution in [0.2, 0.25) is 0 Å². The van der Waals surface area contributed by atoms with Crippen LogP contribution < -0.4 is 5.32 Å². The first-order chi connectivity index (χ1) is 10.4. The fourth-order valence-corrected chi connectivity index (χ4v) is 2.50. The molecule has 1 unspecified atom stereocenters. The number of carboxylic acids is 1. The normalized spacial score (nSPS) is 13.4. The molecule has 0 aliphatic carbocycles. The number of aromatic nitrogens is 1. The van der Waals surface area contributed by atoms with Crippen LogP contribution in [0, 0.1) is 0 Å². The van der Waals surface area contributed by atoms with Gasteiger partial charge >= 0.3 is 5.97 Å². The van der Waals surface area contributed by atoms with Crippen LogP contribution in [-0.2, 0) is 16.0 Å². The third-order valence-electron chi connectivity index (χ3n) is 3.00. The molecule has 6 nitrogen and oxygen atoms in total. The van der Waals surface area contributed by atoms with Gasteiger partial charge in [-0.05, 0) is 6.92 Å². The van der Waals surface area contributed by atoms with Crippen LogP contribution in [0.4, 0.5) is 0 Å². The predicted molar refractivity (Wildman–Crippen MR) is 82.5 cm³/mol. The maximum atomic E-state index is 11.8. The molecule has 0 saturated carbocycles. The third-order valence-corrected chi connectivity index (χ3v) is 3.94. The highest BCUT2D eigenvalue weighted by atomic mass is 32.1. The van der Waals surface area contributed by atoms with Crippen molar-refractivity contribution in [1.82, 2.24) is 10.3 Å². The molecule has 1 heterocycles. The minimum atomic E-state index is -1.98. The van der Waals surface area contributed by atoms with Crippen molar-refractivity contribution in [3.63, 3.8) is 0 Å². The van der Waals surface area contributed by atoms with Crippen molar-refractivity contribution in [2.24, 2.45) is 0 Å². The van der Waals surface area contributed by atoms with Crippen LogP contribution in [-0.4, -0.2) is 39.2 Å². The molecule has 0 aliphatic rings. The summed E-state index contributed by atoms with van der Waals surface area (Å²) in [5.74, 6) is -1.76. The van der Waals surface area contributed by atoms with E-state index in [2.05, 4.69) is 10.3 Å². The van der Waals surface area contributed by atoms with Gasteiger partial charge < -0.3 is 15.5 Å². The highest BCUT2D eigenvalue weighted by Crippen LogP contribution is 2.23. The topological polar surface area (TPSA) is 99.5 Å². The molecule has 116 valence electrons. The zero-order valence-corrected chi connectivity index (χ0v) is 12.8. The van der Waals surface area contributed by atoms with E-state index in [4.69, 9.17) is 5.11 Å². The van der Waals surface area contributed by atoms with Gasteiger partial charge in [0.15, 0.2) is 5.60 Å². The second kappa shape index (κ2) is 6.67. The second-order valence-electron chi connectivity index (χ2n) is 5.04. The summed E-state index contributed by atoms with van der Waals surface area (Å²) in [6.07, 6.45) is 0.0407. The van der Waals surface area contributed by atoms with Gasteiger partial charge in [-0.2, -0.15) is 0 Å². The summed E-state index contributed by atoms with van der Waals surface area (Å²) in [5, 5.41) is 23.3. The smallest absolute Gasteiger partial charge is 0.337 e. The van der Waals surface area contributed by atoms with E-state index in [0.717, 1.165) is 17.5 Å². The lowest BCUT2D eigenvalue weighted by Crippen LogP contribution is -2.46. The van der Waals surface area contributed by atoms with E-state index in [1.807, 2.05) is 30.3 Å². The molecular weight excluding hydrogens is 304 g/mol. The first-order valence-corrected chi connectivity index (χ1v) is 7.49. The maximum absolute atomic E-state index is 11.8. The second-order valence-corrected chi connectivity index (χ2v) is 5.90. The average Bonchev–Trinajstić information content (AvgIpc) is 2.94. The van der Waals surface area contributed by atoms with E-state index in [0.29, 0.717) is 5.69 Å². The molecule has 0 spiro atoms. The zero-order valence-electron chi connectivity index (χ0n) is 11.9. The Labute approximate surface area is 131 Å². The average molecular weight is 320 g/mol. The van der Waals surface area contributed by atoms with Gasteiger partial charge in [0.2, 0.25) is 5.91 Å². The Balaban J connectivity index is 1.93. The molecule has 2 rings (SSSR count). The Morgan fingerprint density at radius 1 is 1.32 bits per heavy atom. The van der Waals surface area contributed by atoms with Crippen molar-refractivity contribution in [3.05, 3.63) is 41.4 Å². The number of nitrogens with zero attached hydrogens (tertiary/aromatic N) is 1. The number of rotatable bonds is 6. The van der Waals surface area contributed by atoms with E-state index in [9.17, 15) is 14.7 Å². The minimum absolute atomic E-state index is 0.0407. The number of amides is 1. The van der Waals surface area contributed by atoms with Crippen molar-refractivity contribution in [2.75, 3.05) is 6.54 Å². The van der Waals surface area contributed by atoms with E-state index >= 15 is 0 Å². The van der Waals surface area contributed by atoms with Gasteiger partial charge in [-0.3, -0.25) is 4.79 Å². The summed E-state index contributed by atoms with van der Waals surface area (Å²) < 4.78 is 0. The van der Waals surface area contributed by atoms with Crippen LogP contribution in [0.1, 0.15) is 12.6 Å². The lowest BCUT2D eigenvalue weighted by molar-refractivity contribution is -0.156. The lowest BCUT2D eigenvalue weighted by atomic mass is 10.1. The predicted octanol–water partition coefficient (Wildman–Crippen LogP) is 1.30. The third kappa shape index (κ3) is 4.12. The molecule has 22 heavy (non-hydrogen) atoms. The highest BCUT2D eigenvalue weighted by molar-refractivity contribution is 7.13. The molecule has 1 aromatic heterocycles. The van der Waals surface area contributed by atoms with Crippen LogP contribution in [0.25, 0.3) is 10.6 Å². The number of hydrogen-bond donors (Lipinski definition) is 3. The Hall–Kier alpha value is -2.25. The van der Waals surface area contributed by atoms with E-state index in [1.165, 1.54) is 11.3 Å². The van der Waals surface area contributed by atoms with Crippen molar-refractivity contribution < 1.29 is 19.8 Å². The van der Waals surface area contributed by atoms with Gasteiger partial charge in [-0.1, -0.05) is 30.3 Å². The van der Waals surface area contributed by atoms with Crippen LogP contribution in [0.5, 0.6) is 0 Å². The maximum Gasteiger partial charge on any atom is 0.337 e. The zero-order chi connectivity index (χ0) is 16.2.